The third kappa shape index (κ3) is 2.89. The molecule has 0 spiro atoms. The molecule has 0 bridgehead atoms. The number of nitrogens with zero attached hydrogens (tertiary/aromatic N) is 1. The summed E-state index contributed by atoms with van der Waals surface area (Å²) in [5.74, 6) is 0. The number of pyridine rings is 1. The predicted octanol–water partition coefficient (Wildman–Crippen LogP) is 3.20. The van der Waals surface area contributed by atoms with Gasteiger partial charge in [-0.25, -0.2) is 17.2 Å². The van der Waals surface area contributed by atoms with Crippen molar-refractivity contribution >= 4 is 53.9 Å². The van der Waals surface area contributed by atoms with E-state index < -0.39 is 26.1 Å². The minimum Gasteiger partial charge on any atom is -0.252 e. The van der Waals surface area contributed by atoms with Gasteiger partial charge in [0.2, 0.25) is 0 Å². The van der Waals surface area contributed by atoms with Crippen LogP contribution in [0.5, 0.6) is 0 Å². The van der Waals surface area contributed by atoms with E-state index in [1.807, 2.05) is 0 Å². The standard InChI is InChI=1S/C6H2Cl2F2INO2S/c7-2-1-12-4(6(9)10)5(3(2)11)15(8,13)14/h1,6H. The average molecular weight is 388 g/mol. The summed E-state index contributed by atoms with van der Waals surface area (Å²) in [6.07, 6.45) is -2.07. The van der Waals surface area contributed by atoms with Crippen molar-refractivity contribution in [3.8, 4) is 0 Å². The second-order valence-corrected chi connectivity index (χ2v) is 6.36. The highest BCUT2D eigenvalue weighted by Gasteiger charge is 2.27. The number of hydrogen-bond donors (Lipinski definition) is 0. The minimum absolute atomic E-state index is 0.0424. The van der Waals surface area contributed by atoms with Gasteiger partial charge < -0.3 is 0 Å². The van der Waals surface area contributed by atoms with Gasteiger partial charge in [-0.2, -0.15) is 0 Å². The lowest BCUT2D eigenvalue weighted by Gasteiger charge is -2.07. The molecule has 0 radical (unpaired) electrons. The van der Waals surface area contributed by atoms with Gasteiger partial charge in [-0.3, -0.25) is 4.98 Å². The molecule has 0 amide bonds. The van der Waals surface area contributed by atoms with Gasteiger partial charge in [-0.05, 0) is 22.6 Å². The predicted molar refractivity (Wildman–Crippen MR) is 60.0 cm³/mol. The van der Waals surface area contributed by atoms with Crippen molar-refractivity contribution in [1.82, 2.24) is 4.98 Å². The molecule has 3 nitrogen and oxygen atoms in total. The highest BCUT2D eigenvalue weighted by Crippen LogP contribution is 2.34. The maximum Gasteiger partial charge on any atom is 0.281 e. The van der Waals surface area contributed by atoms with E-state index >= 15 is 0 Å². The fourth-order valence-corrected chi connectivity index (χ4v) is 3.91. The molecule has 0 aliphatic carbocycles. The summed E-state index contributed by atoms with van der Waals surface area (Å²) in [6.45, 7) is 0. The maximum atomic E-state index is 12.4. The lowest BCUT2D eigenvalue weighted by atomic mass is 10.3. The zero-order valence-corrected chi connectivity index (χ0v) is 11.2. The van der Waals surface area contributed by atoms with Gasteiger partial charge in [0.25, 0.3) is 15.5 Å². The maximum absolute atomic E-state index is 12.4. The van der Waals surface area contributed by atoms with E-state index in [-0.39, 0.29) is 8.59 Å². The van der Waals surface area contributed by atoms with Crippen LogP contribution in [-0.2, 0) is 9.05 Å². The van der Waals surface area contributed by atoms with Crippen LogP contribution in [0, 0.1) is 3.57 Å². The van der Waals surface area contributed by atoms with Crippen LogP contribution in [-0.4, -0.2) is 13.4 Å². The Hall–Kier alpha value is 0.270. The molecule has 0 atom stereocenters. The summed E-state index contributed by atoms with van der Waals surface area (Å²) >= 11 is 7.08. The highest BCUT2D eigenvalue weighted by atomic mass is 127. The van der Waals surface area contributed by atoms with Crippen molar-refractivity contribution in [2.75, 3.05) is 0 Å². The first kappa shape index (κ1) is 13.3. The van der Waals surface area contributed by atoms with Crippen molar-refractivity contribution < 1.29 is 17.2 Å². The summed E-state index contributed by atoms with van der Waals surface area (Å²) in [5.41, 5.74) is -0.890. The van der Waals surface area contributed by atoms with Gasteiger partial charge >= 0.3 is 0 Å². The SMILES string of the molecule is O=S(=O)(Cl)c1c(C(F)F)ncc(Cl)c1I. The topological polar surface area (TPSA) is 47.0 Å². The molecule has 1 heterocycles. The Morgan fingerprint density at radius 1 is 1.47 bits per heavy atom. The monoisotopic (exact) mass is 387 g/mol. The second-order valence-electron chi connectivity index (χ2n) is 2.37. The fourth-order valence-electron chi connectivity index (χ4n) is 0.850. The molecule has 1 aromatic heterocycles. The number of aromatic nitrogens is 1. The van der Waals surface area contributed by atoms with E-state index in [1.165, 1.54) is 22.6 Å². The smallest absolute Gasteiger partial charge is 0.252 e. The number of rotatable bonds is 2. The molecule has 1 aromatic rings. The van der Waals surface area contributed by atoms with Crippen LogP contribution in [0.4, 0.5) is 8.78 Å². The molecule has 84 valence electrons. The first-order valence-corrected chi connectivity index (χ1v) is 7.08. The summed E-state index contributed by atoms with van der Waals surface area (Å²) in [7, 11) is 0.727. The summed E-state index contributed by atoms with van der Waals surface area (Å²) in [5, 5.41) is -0.0424. The zero-order chi connectivity index (χ0) is 11.8. The molecule has 0 fully saturated rings. The molecule has 0 saturated carbocycles. The quantitative estimate of drug-likeness (QED) is 0.578. The van der Waals surface area contributed by atoms with Crippen LogP contribution in [0.1, 0.15) is 12.1 Å². The molecule has 0 aliphatic heterocycles. The van der Waals surface area contributed by atoms with E-state index in [4.69, 9.17) is 22.3 Å². The third-order valence-electron chi connectivity index (χ3n) is 1.41. The van der Waals surface area contributed by atoms with Crippen molar-refractivity contribution in [2.45, 2.75) is 11.3 Å². The van der Waals surface area contributed by atoms with Crippen LogP contribution in [0.2, 0.25) is 5.02 Å². The van der Waals surface area contributed by atoms with Gasteiger partial charge in [-0.1, -0.05) is 11.6 Å². The van der Waals surface area contributed by atoms with Crippen molar-refractivity contribution in [2.24, 2.45) is 0 Å². The molecule has 0 N–H and O–H groups in total. The third-order valence-corrected chi connectivity index (χ3v) is 4.86. The number of hydrogen-bond acceptors (Lipinski definition) is 3. The van der Waals surface area contributed by atoms with Crippen LogP contribution < -0.4 is 0 Å². The van der Waals surface area contributed by atoms with E-state index in [0.29, 0.717) is 0 Å². The molecule has 0 unspecified atom stereocenters. The Kier molecular flexibility index (Phi) is 4.13. The highest BCUT2D eigenvalue weighted by molar-refractivity contribution is 14.1. The van der Waals surface area contributed by atoms with Gasteiger partial charge in [-0.15, -0.1) is 0 Å². The Morgan fingerprint density at radius 3 is 2.40 bits per heavy atom. The number of alkyl halides is 2. The number of halogens is 5. The van der Waals surface area contributed by atoms with Gasteiger partial charge in [0.15, 0.2) is 0 Å². The molecule has 9 heteroatoms. The van der Waals surface area contributed by atoms with E-state index in [2.05, 4.69) is 4.98 Å². The van der Waals surface area contributed by atoms with Gasteiger partial charge in [0, 0.05) is 16.9 Å². The van der Waals surface area contributed by atoms with Crippen LogP contribution in [0.15, 0.2) is 11.1 Å². The van der Waals surface area contributed by atoms with E-state index in [9.17, 15) is 17.2 Å². The van der Waals surface area contributed by atoms with Crippen LogP contribution in [0.25, 0.3) is 0 Å². The molecular weight excluding hydrogens is 386 g/mol. The Morgan fingerprint density at radius 2 is 2.00 bits per heavy atom. The normalized spacial score (nSPS) is 12.1. The Bertz CT molecular complexity index is 494. The molecule has 15 heavy (non-hydrogen) atoms. The summed E-state index contributed by atoms with van der Waals surface area (Å²) < 4.78 is 46.9. The fraction of sp³-hybridized carbons (Fsp3) is 0.167. The molecule has 0 aliphatic rings. The molecule has 0 aromatic carbocycles. The van der Waals surface area contributed by atoms with Gasteiger partial charge in [0.05, 0.1) is 8.59 Å². The first-order chi connectivity index (χ1) is 6.75. The lowest BCUT2D eigenvalue weighted by Crippen LogP contribution is -2.05. The average Bonchev–Trinajstić information content (AvgIpc) is 2.06. The van der Waals surface area contributed by atoms with E-state index in [1.54, 1.807) is 0 Å². The van der Waals surface area contributed by atoms with E-state index in [0.717, 1.165) is 6.20 Å². The second kappa shape index (κ2) is 4.64. The summed E-state index contributed by atoms with van der Waals surface area (Å²) in [4.78, 5) is 2.53. The Balaban J connectivity index is 3.65. The minimum atomic E-state index is -4.29. The molecule has 0 saturated heterocycles. The van der Waals surface area contributed by atoms with Crippen LogP contribution in [0.3, 0.4) is 0 Å². The van der Waals surface area contributed by atoms with Crippen molar-refractivity contribution in [3.63, 3.8) is 0 Å². The van der Waals surface area contributed by atoms with Crippen molar-refractivity contribution in [3.05, 3.63) is 20.5 Å². The summed E-state index contributed by atoms with van der Waals surface area (Å²) in [6, 6.07) is 0. The van der Waals surface area contributed by atoms with Crippen LogP contribution >= 0.6 is 44.9 Å². The molecule has 1 rings (SSSR count). The largest absolute Gasteiger partial charge is 0.281 e. The molecular formula is C6H2Cl2F2INO2S. The Labute approximate surface area is 107 Å². The first-order valence-electron chi connectivity index (χ1n) is 3.32. The van der Waals surface area contributed by atoms with Gasteiger partial charge in [0.1, 0.15) is 10.6 Å². The van der Waals surface area contributed by atoms with Crippen molar-refractivity contribution in [1.29, 1.82) is 0 Å². The lowest BCUT2D eigenvalue weighted by molar-refractivity contribution is 0.142. The zero-order valence-electron chi connectivity index (χ0n) is 6.72.